The molecular formula is C13H19NO. The predicted molar refractivity (Wildman–Crippen MR) is 61.8 cm³/mol. The zero-order valence-electron chi connectivity index (χ0n) is 9.79. The van der Waals surface area contributed by atoms with Crippen molar-refractivity contribution in [2.45, 2.75) is 40.0 Å². The third-order valence-electron chi connectivity index (χ3n) is 2.77. The summed E-state index contributed by atoms with van der Waals surface area (Å²) >= 11 is 0. The molecule has 0 aliphatic rings. The molecule has 2 nitrogen and oxygen atoms in total. The summed E-state index contributed by atoms with van der Waals surface area (Å²) in [5.41, 5.74) is 2.24. The number of carbonyl (C=O) groups excluding carboxylic acids is 1. The minimum Gasteiger partial charge on any atom is -0.300 e. The third kappa shape index (κ3) is 3.46. The van der Waals surface area contributed by atoms with Gasteiger partial charge in [0.25, 0.3) is 0 Å². The normalized spacial score (nSPS) is 12.5. The molecule has 1 heterocycles. The summed E-state index contributed by atoms with van der Waals surface area (Å²) in [6, 6.07) is 3.98. The Kier molecular flexibility index (Phi) is 4.47. The van der Waals surface area contributed by atoms with E-state index in [-0.39, 0.29) is 11.7 Å². The Morgan fingerprint density at radius 2 is 2.27 bits per heavy atom. The smallest absolute Gasteiger partial charge is 0.133 e. The van der Waals surface area contributed by atoms with Crippen molar-refractivity contribution in [3.8, 4) is 0 Å². The summed E-state index contributed by atoms with van der Waals surface area (Å²) in [7, 11) is 0. The van der Waals surface area contributed by atoms with E-state index in [0.717, 1.165) is 25.0 Å². The molecule has 1 atom stereocenters. The number of aryl methyl sites for hydroxylation is 1. The van der Waals surface area contributed by atoms with E-state index < -0.39 is 0 Å². The molecule has 0 N–H and O–H groups in total. The lowest BCUT2D eigenvalue weighted by Gasteiger charge is -2.13. The molecule has 2 heteroatoms. The molecule has 1 aromatic rings. The summed E-state index contributed by atoms with van der Waals surface area (Å²) in [6.07, 6.45) is 4.60. The maximum Gasteiger partial charge on any atom is 0.133 e. The van der Waals surface area contributed by atoms with Crippen molar-refractivity contribution < 1.29 is 4.79 Å². The van der Waals surface area contributed by atoms with Crippen molar-refractivity contribution in [1.82, 2.24) is 4.98 Å². The number of hydrogen-bond donors (Lipinski definition) is 0. The van der Waals surface area contributed by atoms with Crippen LogP contribution in [0, 0.1) is 12.8 Å². The van der Waals surface area contributed by atoms with Gasteiger partial charge in [0.15, 0.2) is 0 Å². The molecular weight excluding hydrogens is 186 g/mol. The van der Waals surface area contributed by atoms with Gasteiger partial charge in [-0.2, -0.15) is 0 Å². The minimum absolute atomic E-state index is 0.142. The third-order valence-corrected chi connectivity index (χ3v) is 2.77. The summed E-state index contributed by atoms with van der Waals surface area (Å²) in [5.74, 6) is 0.422. The Bertz CT molecular complexity index is 333. The van der Waals surface area contributed by atoms with Gasteiger partial charge in [0, 0.05) is 17.8 Å². The van der Waals surface area contributed by atoms with Crippen LogP contribution in [0.25, 0.3) is 0 Å². The van der Waals surface area contributed by atoms with Gasteiger partial charge in [-0.3, -0.25) is 9.78 Å². The number of carbonyl (C=O) groups is 1. The summed E-state index contributed by atoms with van der Waals surface area (Å²) in [4.78, 5) is 15.8. The number of nitrogens with zero attached hydrogens (tertiary/aromatic N) is 1. The number of hydrogen-bond acceptors (Lipinski definition) is 2. The van der Waals surface area contributed by atoms with Gasteiger partial charge in [0.1, 0.15) is 5.78 Å². The molecule has 0 saturated carbocycles. The number of aromatic nitrogens is 1. The molecule has 0 aromatic carbocycles. The van der Waals surface area contributed by atoms with Crippen LogP contribution in [0.4, 0.5) is 0 Å². The van der Waals surface area contributed by atoms with Crippen molar-refractivity contribution in [3.63, 3.8) is 0 Å². The molecule has 0 aliphatic carbocycles. The van der Waals surface area contributed by atoms with E-state index >= 15 is 0 Å². The Balaban J connectivity index is 2.74. The topological polar surface area (TPSA) is 30.0 Å². The van der Waals surface area contributed by atoms with Crippen LogP contribution in [-0.4, -0.2) is 10.8 Å². The molecule has 0 spiro atoms. The van der Waals surface area contributed by atoms with Gasteiger partial charge >= 0.3 is 0 Å². The molecule has 0 fully saturated rings. The Morgan fingerprint density at radius 3 is 2.80 bits per heavy atom. The first kappa shape index (κ1) is 11.9. The molecule has 1 unspecified atom stereocenters. The fourth-order valence-electron chi connectivity index (χ4n) is 1.76. The van der Waals surface area contributed by atoms with E-state index in [9.17, 15) is 4.79 Å². The van der Waals surface area contributed by atoms with Gasteiger partial charge in [-0.25, -0.2) is 0 Å². The molecule has 0 aliphatic heterocycles. The Morgan fingerprint density at radius 1 is 1.53 bits per heavy atom. The lowest BCUT2D eigenvalue weighted by molar-refractivity contribution is -0.120. The van der Waals surface area contributed by atoms with Gasteiger partial charge in [0.2, 0.25) is 0 Å². The highest BCUT2D eigenvalue weighted by atomic mass is 16.1. The van der Waals surface area contributed by atoms with Crippen molar-refractivity contribution >= 4 is 5.78 Å². The fourth-order valence-corrected chi connectivity index (χ4v) is 1.76. The zero-order chi connectivity index (χ0) is 11.3. The zero-order valence-corrected chi connectivity index (χ0v) is 9.79. The average Bonchev–Trinajstić information content (AvgIpc) is 2.20. The summed E-state index contributed by atoms with van der Waals surface area (Å²) < 4.78 is 0. The van der Waals surface area contributed by atoms with E-state index in [4.69, 9.17) is 0 Å². The molecule has 0 radical (unpaired) electrons. The van der Waals surface area contributed by atoms with Crippen LogP contribution in [0.1, 0.15) is 37.9 Å². The highest BCUT2D eigenvalue weighted by Crippen LogP contribution is 2.16. The molecule has 1 rings (SSSR count). The Hall–Kier alpha value is -1.18. The standard InChI is InChI=1S/C13H19NO/c1-4-6-12(11(3)15)9-13-10(2)7-5-8-14-13/h5,7-8,12H,4,6,9H2,1-3H3. The van der Waals surface area contributed by atoms with E-state index in [0.29, 0.717) is 0 Å². The van der Waals surface area contributed by atoms with Crippen LogP contribution < -0.4 is 0 Å². The van der Waals surface area contributed by atoms with E-state index in [1.807, 2.05) is 19.1 Å². The predicted octanol–water partition coefficient (Wildman–Crippen LogP) is 2.94. The molecule has 15 heavy (non-hydrogen) atoms. The lowest BCUT2D eigenvalue weighted by Crippen LogP contribution is -2.15. The van der Waals surface area contributed by atoms with Crippen LogP contribution in [-0.2, 0) is 11.2 Å². The molecule has 1 aromatic heterocycles. The first-order chi connectivity index (χ1) is 7.15. The van der Waals surface area contributed by atoms with Gasteiger partial charge in [0.05, 0.1) is 0 Å². The van der Waals surface area contributed by atoms with E-state index in [2.05, 4.69) is 11.9 Å². The van der Waals surface area contributed by atoms with E-state index in [1.54, 1.807) is 13.1 Å². The fraction of sp³-hybridized carbons (Fsp3) is 0.538. The maximum absolute atomic E-state index is 11.4. The SMILES string of the molecule is CCCC(Cc1ncccc1C)C(C)=O. The first-order valence-electron chi connectivity index (χ1n) is 5.56. The summed E-state index contributed by atoms with van der Waals surface area (Å²) in [5, 5.41) is 0. The number of ketones is 1. The Labute approximate surface area is 91.7 Å². The van der Waals surface area contributed by atoms with Gasteiger partial charge in [-0.1, -0.05) is 19.4 Å². The van der Waals surface area contributed by atoms with Crippen LogP contribution in [0.3, 0.4) is 0 Å². The van der Waals surface area contributed by atoms with E-state index in [1.165, 1.54) is 5.56 Å². The van der Waals surface area contributed by atoms with Crippen LogP contribution >= 0.6 is 0 Å². The van der Waals surface area contributed by atoms with Gasteiger partial charge in [-0.05, 0) is 38.3 Å². The second kappa shape index (κ2) is 5.64. The highest BCUT2D eigenvalue weighted by Gasteiger charge is 2.15. The molecule has 82 valence electrons. The second-order valence-electron chi connectivity index (χ2n) is 4.07. The second-order valence-corrected chi connectivity index (χ2v) is 4.07. The quantitative estimate of drug-likeness (QED) is 0.739. The van der Waals surface area contributed by atoms with Crippen molar-refractivity contribution in [3.05, 3.63) is 29.6 Å². The number of pyridine rings is 1. The molecule has 0 saturated heterocycles. The van der Waals surface area contributed by atoms with Crippen LogP contribution in [0.2, 0.25) is 0 Å². The van der Waals surface area contributed by atoms with Crippen molar-refractivity contribution in [2.75, 3.05) is 0 Å². The van der Waals surface area contributed by atoms with Gasteiger partial charge in [-0.15, -0.1) is 0 Å². The lowest BCUT2D eigenvalue weighted by atomic mass is 9.93. The van der Waals surface area contributed by atoms with Gasteiger partial charge < -0.3 is 0 Å². The number of rotatable bonds is 5. The largest absolute Gasteiger partial charge is 0.300 e. The molecule has 0 bridgehead atoms. The molecule has 0 amide bonds. The van der Waals surface area contributed by atoms with Crippen LogP contribution in [0.15, 0.2) is 18.3 Å². The maximum atomic E-state index is 11.4. The number of Topliss-reactive ketones (excluding diaryl/α,β-unsaturated/α-hetero) is 1. The van der Waals surface area contributed by atoms with Crippen molar-refractivity contribution in [2.24, 2.45) is 5.92 Å². The van der Waals surface area contributed by atoms with Crippen molar-refractivity contribution in [1.29, 1.82) is 0 Å². The minimum atomic E-state index is 0.142. The monoisotopic (exact) mass is 205 g/mol. The first-order valence-corrected chi connectivity index (χ1v) is 5.56. The van der Waals surface area contributed by atoms with Crippen LogP contribution in [0.5, 0.6) is 0 Å². The average molecular weight is 205 g/mol. The summed E-state index contributed by atoms with van der Waals surface area (Å²) in [6.45, 7) is 5.84. The highest BCUT2D eigenvalue weighted by molar-refractivity contribution is 5.78.